The molecule has 7 nitrogen and oxygen atoms in total. The molecule has 5 rings (SSSR count). The SMILES string of the molecule is CC[C@H](CC[C@@H](C)[C@H]1CC[C@H]2[C@@H]3CC[C@@]4(O)C[C@@H](O[C@@H]5O[C@H](CO)[C@@H](O)[C@H](O)[C@H]5O)CC[C@]4(C)[C@H]3CC[C@]12C)C(C)C. The van der Waals surface area contributed by atoms with E-state index in [-0.39, 0.29) is 11.5 Å². The average molecular weight is 595 g/mol. The van der Waals surface area contributed by atoms with Crippen LogP contribution in [0.4, 0.5) is 0 Å². The number of fused-ring (bicyclic) bond motifs is 5. The van der Waals surface area contributed by atoms with Gasteiger partial charge in [0, 0.05) is 6.42 Å². The zero-order valence-electron chi connectivity index (χ0n) is 27.3. The molecule has 244 valence electrons. The summed E-state index contributed by atoms with van der Waals surface area (Å²) >= 11 is 0. The number of hydrogen-bond donors (Lipinski definition) is 5. The largest absolute Gasteiger partial charge is 0.394 e. The molecule has 1 heterocycles. The highest BCUT2D eigenvalue weighted by Crippen LogP contribution is 2.69. The molecule has 0 spiro atoms. The van der Waals surface area contributed by atoms with E-state index in [1.807, 2.05) is 0 Å². The third-order valence-electron chi connectivity index (χ3n) is 14.2. The fourth-order valence-corrected chi connectivity index (χ4v) is 11.4. The molecule has 15 atom stereocenters. The molecule has 1 aliphatic heterocycles. The van der Waals surface area contributed by atoms with Crippen LogP contribution < -0.4 is 0 Å². The van der Waals surface area contributed by atoms with Gasteiger partial charge in [0.2, 0.25) is 0 Å². The van der Waals surface area contributed by atoms with Crippen LogP contribution in [0.3, 0.4) is 0 Å². The standard InChI is InChI=1S/C35H62O7/c1-7-22(20(2)3)9-8-21(4)25-10-11-26-24-13-17-35(40)18-23(12-16-34(35,6)27(24)14-15-33(25,26)5)41-32-31(39)30(38)29(37)28(19-36)42-32/h20-32,36-40H,7-19H2,1-6H3/t21-,22-,23+,24+,25-,26+,27+,28-,29-,30+,31-,32-,33-,34-,35-/m1/s1. The minimum absolute atomic E-state index is 0.165. The second-order valence-electron chi connectivity index (χ2n) is 16.3. The Morgan fingerprint density at radius 2 is 1.60 bits per heavy atom. The monoisotopic (exact) mass is 594 g/mol. The molecular formula is C35H62O7. The van der Waals surface area contributed by atoms with Crippen molar-refractivity contribution in [1.82, 2.24) is 0 Å². The van der Waals surface area contributed by atoms with Gasteiger partial charge in [0.15, 0.2) is 6.29 Å². The van der Waals surface area contributed by atoms with Crippen molar-refractivity contribution in [2.24, 2.45) is 52.3 Å². The van der Waals surface area contributed by atoms with Gasteiger partial charge in [-0.3, -0.25) is 0 Å². The number of ether oxygens (including phenoxy) is 2. The van der Waals surface area contributed by atoms with E-state index in [1.165, 1.54) is 44.9 Å². The molecule has 5 fully saturated rings. The lowest BCUT2D eigenvalue weighted by molar-refractivity contribution is -0.322. The third-order valence-corrected chi connectivity index (χ3v) is 14.2. The van der Waals surface area contributed by atoms with E-state index in [2.05, 4.69) is 41.5 Å². The van der Waals surface area contributed by atoms with E-state index < -0.39 is 42.9 Å². The van der Waals surface area contributed by atoms with Crippen LogP contribution in [-0.4, -0.2) is 74.6 Å². The van der Waals surface area contributed by atoms with Crippen molar-refractivity contribution in [2.75, 3.05) is 6.61 Å². The van der Waals surface area contributed by atoms with Crippen molar-refractivity contribution in [3.8, 4) is 0 Å². The van der Waals surface area contributed by atoms with E-state index >= 15 is 0 Å². The predicted octanol–water partition coefficient (Wildman–Crippen LogP) is 5.04. The van der Waals surface area contributed by atoms with E-state index in [0.29, 0.717) is 23.7 Å². The van der Waals surface area contributed by atoms with Crippen LogP contribution >= 0.6 is 0 Å². The Morgan fingerprint density at radius 3 is 2.26 bits per heavy atom. The number of hydrogen-bond acceptors (Lipinski definition) is 7. The minimum atomic E-state index is -1.45. The van der Waals surface area contributed by atoms with Crippen LogP contribution in [0.5, 0.6) is 0 Å². The summed E-state index contributed by atoms with van der Waals surface area (Å²) in [6, 6.07) is 0. The molecule has 5 aliphatic rings. The summed E-state index contributed by atoms with van der Waals surface area (Å²) in [6.45, 7) is 14.1. The molecule has 42 heavy (non-hydrogen) atoms. The summed E-state index contributed by atoms with van der Waals surface area (Å²) in [7, 11) is 0. The number of aliphatic hydroxyl groups is 5. The van der Waals surface area contributed by atoms with Gasteiger partial charge in [-0.2, -0.15) is 0 Å². The lowest BCUT2D eigenvalue weighted by Crippen LogP contribution is -2.64. The van der Waals surface area contributed by atoms with E-state index in [0.717, 1.165) is 55.3 Å². The lowest BCUT2D eigenvalue weighted by Gasteiger charge is -2.64. The van der Waals surface area contributed by atoms with Gasteiger partial charge in [-0.05, 0) is 110 Å². The van der Waals surface area contributed by atoms with Crippen molar-refractivity contribution in [3.63, 3.8) is 0 Å². The van der Waals surface area contributed by atoms with Gasteiger partial charge in [0.1, 0.15) is 24.4 Å². The van der Waals surface area contributed by atoms with Crippen LogP contribution in [0, 0.1) is 52.3 Å². The smallest absolute Gasteiger partial charge is 0.186 e. The Kier molecular flexibility index (Phi) is 9.84. The van der Waals surface area contributed by atoms with Crippen LogP contribution in [0.1, 0.15) is 119 Å². The number of aliphatic hydroxyl groups excluding tert-OH is 4. The maximum Gasteiger partial charge on any atom is 0.186 e. The van der Waals surface area contributed by atoms with Crippen LogP contribution in [0.15, 0.2) is 0 Å². The molecule has 0 aromatic heterocycles. The predicted molar refractivity (Wildman–Crippen MR) is 162 cm³/mol. The van der Waals surface area contributed by atoms with E-state index in [4.69, 9.17) is 9.47 Å². The van der Waals surface area contributed by atoms with Crippen molar-refractivity contribution >= 4 is 0 Å². The van der Waals surface area contributed by atoms with Crippen molar-refractivity contribution in [3.05, 3.63) is 0 Å². The molecule has 5 N–H and O–H groups in total. The van der Waals surface area contributed by atoms with Crippen molar-refractivity contribution < 1.29 is 35.0 Å². The first kappa shape index (κ1) is 33.1. The van der Waals surface area contributed by atoms with Crippen molar-refractivity contribution in [1.29, 1.82) is 0 Å². The third kappa shape index (κ3) is 5.54. The summed E-state index contributed by atoms with van der Waals surface area (Å²) in [5, 5.41) is 52.7. The average Bonchev–Trinajstić information content (AvgIpc) is 3.31. The van der Waals surface area contributed by atoms with E-state index in [9.17, 15) is 25.5 Å². The summed E-state index contributed by atoms with van der Waals surface area (Å²) < 4.78 is 11.8. The van der Waals surface area contributed by atoms with Crippen LogP contribution in [-0.2, 0) is 9.47 Å². The lowest BCUT2D eigenvalue weighted by atomic mass is 9.43. The van der Waals surface area contributed by atoms with Gasteiger partial charge in [0.05, 0.1) is 18.3 Å². The molecule has 4 saturated carbocycles. The highest BCUT2D eigenvalue weighted by atomic mass is 16.7. The topological polar surface area (TPSA) is 120 Å². The van der Waals surface area contributed by atoms with Gasteiger partial charge >= 0.3 is 0 Å². The normalized spacial score (nSPS) is 50.6. The molecule has 0 amide bonds. The van der Waals surface area contributed by atoms with Crippen molar-refractivity contribution in [2.45, 2.75) is 161 Å². The first-order chi connectivity index (χ1) is 19.8. The van der Waals surface area contributed by atoms with Gasteiger partial charge in [0.25, 0.3) is 0 Å². The Labute approximate surface area is 254 Å². The van der Waals surface area contributed by atoms with E-state index in [1.54, 1.807) is 0 Å². The Hall–Kier alpha value is -0.280. The van der Waals surface area contributed by atoms with Gasteiger partial charge in [-0.15, -0.1) is 0 Å². The zero-order chi connectivity index (χ0) is 30.6. The maximum absolute atomic E-state index is 12.3. The summed E-state index contributed by atoms with van der Waals surface area (Å²) in [5.74, 6) is 5.13. The highest BCUT2D eigenvalue weighted by molar-refractivity contribution is 5.14. The molecule has 0 aromatic carbocycles. The van der Waals surface area contributed by atoms with Gasteiger partial charge < -0.3 is 35.0 Å². The Morgan fingerprint density at radius 1 is 0.857 bits per heavy atom. The minimum Gasteiger partial charge on any atom is -0.394 e. The number of rotatable bonds is 9. The Bertz CT molecular complexity index is 912. The fourth-order valence-electron chi connectivity index (χ4n) is 11.4. The molecule has 1 saturated heterocycles. The molecule has 0 unspecified atom stereocenters. The molecule has 0 bridgehead atoms. The fraction of sp³-hybridized carbons (Fsp3) is 1.00. The molecule has 0 radical (unpaired) electrons. The van der Waals surface area contributed by atoms with Crippen LogP contribution in [0.25, 0.3) is 0 Å². The second-order valence-corrected chi connectivity index (χ2v) is 16.3. The summed E-state index contributed by atoms with van der Waals surface area (Å²) in [4.78, 5) is 0. The van der Waals surface area contributed by atoms with Gasteiger partial charge in [-0.1, -0.05) is 54.4 Å². The molecular weight excluding hydrogens is 532 g/mol. The molecule has 7 heteroatoms. The Balaban J connectivity index is 1.24. The highest BCUT2D eigenvalue weighted by Gasteiger charge is 2.65. The van der Waals surface area contributed by atoms with Gasteiger partial charge in [-0.25, -0.2) is 0 Å². The first-order valence-corrected chi connectivity index (χ1v) is 17.5. The molecule has 4 aliphatic carbocycles. The summed E-state index contributed by atoms with van der Waals surface area (Å²) in [6.07, 6.45) is 6.40. The first-order valence-electron chi connectivity index (χ1n) is 17.5. The quantitative estimate of drug-likeness (QED) is 0.237. The second kappa shape index (κ2) is 12.5. The van der Waals surface area contributed by atoms with Crippen LogP contribution in [0.2, 0.25) is 0 Å². The maximum atomic E-state index is 12.3. The zero-order valence-corrected chi connectivity index (χ0v) is 27.3. The summed E-state index contributed by atoms with van der Waals surface area (Å²) in [5.41, 5.74) is -0.590. The molecule has 0 aromatic rings.